The van der Waals surface area contributed by atoms with Crippen LogP contribution in [-0.4, -0.2) is 20.6 Å². The maximum absolute atomic E-state index is 12.0. The van der Waals surface area contributed by atoms with Crippen LogP contribution in [0.3, 0.4) is 0 Å². The van der Waals surface area contributed by atoms with Crippen LogP contribution >= 0.6 is 0 Å². The zero-order chi connectivity index (χ0) is 13.8. The van der Waals surface area contributed by atoms with Crippen molar-refractivity contribution in [2.45, 2.75) is 20.0 Å². The molecule has 2 aromatic rings. The molecule has 19 heavy (non-hydrogen) atoms. The van der Waals surface area contributed by atoms with Crippen molar-refractivity contribution in [2.75, 3.05) is 0 Å². The van der Waals surface area contributed by atoms with Gasteiger partial charge in [-0.1, -0.05) is 0 Å². The van der Waals surface area contributed by atoms with Crippen molar-refractivity contribution >= 4 is 11.6 Å². The van der Waals surface area contributed by atoms with E-state index in [0.717, 1.165) is 6.20 Å². The molecule has 0 bridgehead atoms. The fourth-order valence-electron chi connectivity index (χ4n) is 1.65. The monoisotopic (exact) mass is 264 g/mol. The lowest BCUT2D eigenvalue weighted by Crippen LogP contribution is -2.26. The molecular formula is C11H12N4O4. The molecule has 0 spiro atoms. The fraction of sp³-hybridized carbons (Fsp3) is 0.273. The summed E-state index contributed by atoms with van der Waals surface area (Å²) >= 11 is 0. The maximum atomic E-state index is 12.0. The Morgan fingerprint density at radius 3 is 3.00 bits per heavy atom. The van der Waals surface area contributed by atoms with E-state index in [0.29, 0.717) is 12.3 Å². The van der Waals surface area contributed by atoms with Gasteiger partial charge in [0.05, 0.1) is 17.7 Å². The largest absolute Gasteiger partial charge is 0.467 e. The smallest absolute Gasteiger partial charge is 0.320 e. The van der Waals surface area contributed by atoms with Crippen LogP contribution in [-0.2, 0) is 13.1 Å². The number of hydrogen-bond acceptors (Lipinski definition) is 5. The summed E-state index contributed by atoms with van der Waals surface area (Å²) < 4.78 is 6.35. The molecule has 0 aromatic carbocycles. The van der Waals surface area contributed by atoms with E-state index in [4.69, 9.17) is 4.42 Å². The molecule has 0 aliphatic rings. The second kappa shape index (κ2) is 5.34. The van der Waals surface area contributed by atoms with Crippen molar-refractivity contribution in [3.05, 3.63) is 46.2 Å². The Labute approximate surface area is 108 Å². The second-order valence-corrected chi connectivity index (χ2v) is 3.71. The summed E-state index contributed by atoms with van der Waals surface area (Å²) in [4.78, 5) is 22.2. The Morgan fingerprint density at radius 1 is 1.63 bits per heavy atom. The number of aryl methyl sites for hydroxylation is 1. The third-order valence-corrected chi connectivity index (χ3v) is 2.53. The van der Waals surface area contributed by atoms with E-state index >= 15 is 0 Å². The first-order chi connectivity index (χ1) is 9.13. The van der Waals surface area contributed by atoms with Gasteiger partial charge < -0.3 is 9.73 Å². The molecule has 0 aliphatic carbocycles. The number of nitrogens with zero attached hydrogens (tertiary/aromatic N) is 3. The zero-order valence-electron chi connectivity index (χ0n) is 10.2. The average molecular weight is 264 g/mol. The topological polar surface area (TPSA) is 103 Å². The highest BCUT2D eigenvalue weighted by molar-refractivity contribution is 5.96. The van der Waals surface area contributed by atoms with Gasteiger partial charge in [-0.15, -0.1) is 0 Å². The van der Waals surface area contributed by atoms with Crippen LogP contribution in [0.15, 0.2) is 29.0 Å². The van der Waals surface area contributed by atoms with E-state index in [2.05, 4.69) is 10.4 Å². The lowest BCUT2D eigenvalue weighted by atomic mass is 10.3. The lowest BCUT2D eigenvalue weighted by molar-refractivity contribution is -0.385. The molecule has 0 radical (unpaired) electrons. The first-order valence-electron chi connectivity index (χ1n) is 5.64. The van der Waals surface area contributed by atoms with Crippen LogP contribution in [0, 0.1) is 10.1 Å². The quantitative estimate of drug-likeness (QED) is 0.648. The number of hydrogen-bond donors (Lipinski definition) is 1. The maximum Gasteiger partial charge on any atom is 0.320 e. The van der Waals surface area contributed by atoms with E-state index in [9.17, 15) is 14.9 Å². The molecule has 0 aliphatic heterocycles. The molecule has 2 aromatic heterocycles. The predicted molar refractivity (Wildman–Crippen MR) is 64.4 cm³/mol. The molecule has 8 heteroatoms. The van der Waals surface area contributed by atoms with Crippen LogP contribution in [0.25, 0.3) is 0 Å². The molecule has 0 fully saturated rings. The third kappa shape index (κ3) is 2.62. The summed E-state index contributed by atoms with van der Waals surface area (Å²) in [6.07, 6.45) is 2.56. The van der Waals surface area contributed by atoms with Crippen molar-refractivity contribution in [3.8, 4) is 0 Å². The molecule has 8 nitrogen and oxygen atoms in total. The molecule has 0 unspecified atom stereocenters. The lowest BCUT2D eigenvalue weighted by Gasteiger charge is -2.04. The summed E-state index contributed by atoms with van der Waals surface area (Å²) in [5.41, 5.74) is -0.363. The Hall–Kier alpha value is -2.64. The molecule has 0 saturated carbocycles. The van der Waals surface area contributed by atoms with Crippen molar-refractivity contribution in [3.63, 3.8) is 0 Å². The van der Waals surface area contributed by atoms with E-state index in [1.807, 2.05) is 0 Å². The minimum absolute atomic E-state index is 0.0564. The highest BCUT2D eigenvalue weighted by atomic mass is 16.6. The highest BCUT2D eigenvalue weighted by Gasteiger charge is 2.26. The number of aromatic nitrogens is 2. The molecule has 0 atom stereocenters. The van der Waals surface area contributed by atoms with Gasteiger partial charge in [-0.25, -0.2) is 0 Å². The second-order valence-electron chi connectivity index (χ2n) is 3.71. The van der Waals surface area contributed by atoms with Crippen molar-refractivity contribution in [1.29, 1.82) is 0 Å². The van der Waals surface area contributed by atoms with E-state index in [1.54, 1.807) is 19.1 Å². The van der Waals surface area contributed by atoms with Crippen LogP contribution in [0.4, 0.5) is 5.69 Å². The first-order valence-corrected chi connectivity index (χ1v) is 5.64. The van der Waals surface area contributed by atoms with Gasteiger partial charge in [0.1, 0.15) is 12.0 Å². The van der Waals surface area contributed by atoms with Crippen molar-refractivity contribution in [2.24, 2.45) is 0 Å². The molecule has 1 amide bonds. The number of nitrogens with one attached hydrogen (secondary N) is 1. The van der Waals surface area contributed by atoms with E-state index in [1.165, 1.54) is 10.9 Å². The SMILES string of the molecule is CCn1ncc([N+](=O)[O-])c1C(=O)NCc1ccco1. The minimum atomic E-state index is -0.624. The number of rotatable bonds is 5. The number of amides is 1. The summed E-state index contributed by atoms with van der Waals surface area (Å²) in [6.45, 7) is 2.29. The van der Waals surface area contributed by atoms with E-state index < -0.39 is 10.8 Å². The van der Waals surface area contributed by atoms with Gasteiger partial charge in [-0.3, -0.25) is 19.6 Å². The normalized spacial score (nSPS) is 10.4. The minimum Gasteiger partial charge on any atom is -0.467 e. The van der Waals surface area contributed by atoms with Crippen molar-refractivity contribution < 1.29 is 14.1 Å². The fourth-order valence-corrected chi connectivity index (χ4v) is 1.65. The van der Waals surface area contributed by atoms with Gasteiger partial charge in [-0.05, 0) is 19.1 Å². The van der Waals surface area contributed by atoms with Gasteiger partial charge in [0.15, 0.2) is 0 Å². The Morgan fingerprint density at radius 2 is 2.42 bits per heavy atom. The van der Waals surface area contributed by atoms with Crippen LogP contribution in [0.5, 0.6) is 0 Å². The summed E-state index contributed by atoms with van der Waals surface area (Å²) in [5, 5.41) is 17.2. The molecule has 1 N–H and O–H groups in total. The van der Waals surface area contributed by atoms with Gasteiger partial charge in [-0.2, -0.15) is 5.10 Å². The van der Waals surface area contributed by atoms with Gasteiger partial charge in [0, 0.05) is 6.54 Å². The predicted octanol–water partition coefficient (Wildman–Crippen LogP) is 1.33. The molecule has 0 saturated heterocycles. The van der Waals surface area contributed by atoms with E-state index in [-0.39, 0.29) is 17.9 Å². The van der Waals surface area contributed by atoms with Gasteiger partial charge in [0.2, 0.25) is 5.69 Å². The van der Waals surface area contributed by atoms with Crippen LogP contribution < -0.4 is 5.32 Å². The number of carbonyl (C=O) groups excluding carboxylic acids is 1. The number of furan rings is 1. The molecule has 2 heterocycles. The first kappa shape index (κ1) is 12.8. The third-order valence-electron chi connectivity index (χ3n) is 2.53. The summed E-state index contributed by atoms with van der Waals surface area (Å²) in [7, 11) is 0. The summed E-state index contributed by atoms with van der Waals surface area (Å²) in [6, 6.07) is 3.39. The van der Waals surface area contributed by atoms with Crippen LogP contribution in [0.1, 0.15) is 23.2 Å². The zero-order valence-corrected chi connectivity index (χ0v) is 10.2. The molecule has 2 rings (SSSR count). The standard InChI is InChI=1S/C11H12N4O4/c1-2-14-10(9(7-13-14)15(17)18)11(16)12-6-8-4-3-5-19-8/h3-5,7H,2,6H2,1H3,(H,12,16). The average Bonchev–Trinajstić information content (AvgIpc) is 3.04. The Balaban J connectivity index is 2.17. The Bertz CT molecular complexity index is 588. The summed E-state index contributed by atoms with van der Waals surface area (Å²) in [5.74, 6) is 0.0148. The molecule has 100 valence electrons. The highest BCUT2D eigenvalue weighted by Crippen LogP contribution is 2.17. The van der Waals surface area contributed by atoms with Crippen LogP contribution in [0.2, 0.25) is 0 Å². The number of carbonyl (C=O) groups is 1. The van der Waals surface area contributed by atoms with Crippen molar-refractivity contribution in [1.82, 2.24) is 15.1 Å². The Kier molecular flexibility index (Phi) is 3.60. The van der Waals surface area contributed by atoms with Gasteiger partial charge in [0.25, 0.3) is 5.91 Å². The van der Waals surface area contributed by atoms with Gasteiger partial charge >= 0.3 is 5.69 Å². The molecular weight excluding hydrogens is 252 g/mol. The number of nitro groups is 1.